The van der Waals surface area contributed by atoms with E-state index in [0.29, 0.717) is 6.61 Å². The molecule has 0 spiro atoms. The first-order chi connectivity index (χ1) is 11.3. The van der Waals surface area contributed by atoms with E-state index in [1.807, 2.05) is 24.3 Å². The van der Waals surface area contributed by atoms with Crippen LogP contribution in [0.1, 0.15) is 11.1 Å². The molecule has 3 aromatic carbocycles. The predicted octanol–water partition coefficient (Wildman–Crippen LogP) is 5.40. The lowest BCUT2D eigenvalue weighted by Crippen LogP contribution is -2.09. The second-order valence-electron chi connectivity index (χ2n) is 5.46. The van der Waals surface area contributed by atoms with Crippen molar-refractivity contribution in [3.8, 4) is 11.5 Å². The van der Waals surface area contributed by atoms with Gasteiger partial charge in [0.1, 0.15) is 18.1 Å². The molecule has 2 nitrogen and oxygen atoms in total. The van der Waals surface area contributed by atoms with E-state index in [4.69, 9.17) is 9.47 Å². The fourth-order valence-corrected chi connectivity index (χ4v) is 3.58. The molecule has 0 fully saturated rings. The van der Waals surface area contributed by atoms with Gasteiger partial charge in [-0.1, -0.05) is 58.4 Å². The maximum atomic E-state index is 6.02. The van der Waals surface area contributed by atoms with Crippen LogP contribution >= 0.6 is 15.9 Å². The van der Waals surface area contributed by atoms with Crippen LogP contribution in [0.4, 0.5) is 0 Å². The Morgan fingerprint density at radius 2 is 1.74 bits per heavy atom. The van der Waals surface area contributed by atoms with Crippen molar-refractivity contribution in [1.82, 2.24) is 0 Å². The molecule has 0 radical (unpaired) electrons. The molecule has 1 heterocycles. The van der Waals surface area contributed by atoms with Crippen molar-refractivity contribution in [2.45, 2.75) is 0 Å². The average molecular weight is 367 g/mol. The minimum absolute atomic E-state index is 0.544. The Morgan fingerprint density at radius 1 is 0.957 bits per heavy atom. The summed E-state index contributed by atoms with van der Waals surface area (Å²) in [5, 5.41) is 2.34. The zero-order valence-electron chi connectivity index (χ0n) is 12.7. The summed E-state index contributed by atoms with van der Waals surface area (Å²) in [6.07, 6.45) is 0. The van der Waals surface area contributed by atoms with Crippen LogP contribution in [0.25, 0.3) is 16.3 Å². The van der Waals surface area contributed by atoms with Gasteiger partial charge in [-0.2, -0.15) is 0 Å². The highest BCUT2D eigenvalue weighted by Crippen LogP contribution is 2.43. The summed E-state index contributed by atoms with van der Waals surface area (Å²) in [6.45, 7) is 0.544. The van der Waals surface area contributed by atoms with E-state index in [9.17, 15) is 0 Å². The molecule has 0 saturated heterocycles. The van der Waals surface area contributed by atoms with Crippen LogP contribution in [0.2, 0.25) is 0 Å². The lowest BCUT2D eigenvalue weighted by Gasteiger charge is -2.23. The highest BCUT2D eigenvalue weighted by atomic mass is 79.9. The fraction of sp³-hybridized carbons (Fsp3) is 0.100. The van der Waals surface area contributed by atoms with Crippen LogP contribution < -0.4 is 9.47 Å². The van der Waals surface area contributed by atoms with Gasteiger partial charge < -0.3 is 9.47 Å². The molecule has 23 heavy (non-hydrogen) atoms. The van der Waals surface area contributed by atoms with Crippen molar-refractivity contribution in [1.29, 1.82) is 0 Å². The molecule has 4 rings (SSSR count). The van der Waals surface area contributed by atoms with Gasteiger partial charge >= 0.3 is 0 Å². The third kappa shape index (κ3) is 2.41. The second-order valence-corrected chi connectivity index (χ2v) is 6.42. The van der Waals surface area contributed by atoms with E-state index in [2.05, 4.69) is 52.3 Å². The first-order valence-corrected chi connectivity index (χ1v) is 8.25. The van der Waals surface area contributed by atoms with Crippen molar-refractivity contribution in [3.05, 3.63) is 76.3 Å². The topological polar surface area (TPSA) is 18.5 Å². The summed E-state index contributed by atoms with van der Waals surface area (Å²) in [7, 11) is 1.68. The molecule has 114 valence electrons. The van der Waals surface area contributed by atoms with E-state index in [1.54, 1.807) is 7.11 Å². The van der Waals surface area contributed by atoms with Gasteiger partial charge in [0.25, 0.3) is 0 Å². The van der Waals surface area contributed by atoms with E-state index in [0.717, 1.165) is 32.5 Å². The Hall–Kier alpha value is -2.26. The summed E-state index contributed by atoms with van der Waals surface area (Å²) in [5.41, 5.74) is 3.45. The van der Waals surface area contributed by atoms with E-state index in [1.165, 1.54) is 11.0 Å². The van der Waals surface area contributed by atoms with Crippen LogP contribution in [0.5, 0.6) is 11.5 Å². The Bertz CT molecular complexity index is 911. The first-order valence-electron chi connectivity index (χ1n) is 7.46. The summed E-state index contributed by atoms with van der Waals surface area (Å²) >= 11 is 3.68. The lowest BCUT2D eigenvalue weighted by molar-refractivity contribution is 0.359. The summed E-state index contributed by atoms with van der Waals surface area (Å²) in [4.78, 5) is 0. The lowest BCUT2D eigenvalue weighted by atomic mass is 9.93. The number of fused-ring (bicyclic) bond motifs is 3. The quantitative estimate of drug-likeness (QED) is 0.604. The average Bonchev–Trinajstić information content (AvgIpc) is 2.61. The van der Waals surface area contributed by atoms with Gasteiger partial charge in [-0.25, -0.2) is 0 Å². The zero-order chi connectivity index (χ0) is 15.8. The maximum Gasteiger partial charge on any atom is 0.135 e. The maximum absolute atomic E-state index is 6.02. The highest BCUT2D eigenvalue weighted by molar-refractivity contribution is 9.11. The number of hydrogen-bond acceptors (Lipinski definition) is 2. The third-order valence-electron chi connectivity index (χ3n) is 4.14. The van der Waals surface area contributed by atoms with Gasteiger partial charge in [-0.15, -0.1) is 0 Å². The van der Waals surface area contributed by atoms with Crippen molar-refractivity contribution in [2.24, 2.45) is 0 Å². The molecule has 0 unspecified atom stereocenters. The third-order valence-corrected chi connectivity index (χ3v) is 4.77. The van der Waals surface area contributed by atoms with Crippen LogP contribution in [0.3, 0.4) is 0 Å². The smallest absolute Gasteiger partial charge is 0.135 e. The minimum Gasteiger partial charge on any atom is -0.497 e. The highest BCUT2D eigenvalue weighted by Gasteiger charge is 2.22. The number of hydrogen-bond donors (Lipinski definition) is 0. The van der Waals surface area contributed by atoms with Gasteiger partial charge in [0.15, 0.2) is 0 Å². The molecule has 0 amide bonds. The Morgan fingerprint density at radius 3 is 2.52 bits per heavy atom. The molecule has 1 aliphatic heterocycles. The number of methoxy groups -OCH3 is 1. The van der Waals surface area contributed by atoms with Crippen molar-refractivity contribution < 1.29 is 9.47 Å². The summed E-state index contributed by atoms with van der Waals surface area (Å²) in [5.74, 6) is 1.81. The normalized spacial score (nSPS) is 13.7. The van der Waals surface area contributed by atoms with Crippen molar-refractivity contribution in [3.63, 3.8) is 0 Å². The molecule has 0 atom stereocenters. The molecular weight excluding hydrogens is 352 g/mol. The van der Waals surface area contributed by atoms with Gasteiger partial charge in [0, 0.05) is 21.0 Å². The van der Waals surface area contributed by atoms with Crippen LogP contribution in [-0.2, 0) is 0 Å². The predicted molar refractivity (Wildman–Crippen MR) is 97.4 cm³/mol. The monoisotopic (exact) mass is 366 g/mol. The SMILES string of the molecule is COc1ccc(C2=C(Br)COc3c2ccc2ccccc32)cc1. The van der Waals surface area contributed by atoms with Crippen LogP contribution in [0.15, 0.2) is 65.1 Å². The van der Waals surface area contributed by atoms with Gasteiger partial charge in [0.05, 0.1) is 7.11 Å². The molecule has 0 aromatic heterocycles. The number of ether oxygens (including phenoxy) is 2. The van der Waals surface area contributed by atoms with Crippen LogP contribution in [-0.4, -0.2) is 13.7 Å². The van der Waals surface area contributed by atoms with Crippen molar-refractivity contribution in [2.75, 3.05) is 13.7 Å². The van der Waals surface area contributed by atoms with Crippen molar-refractivity contribution >= 4 is 32.3 Å². The fourth-order valence-electron chi connectivity index (χ4n) is 3.02. The second kappa shape index (κ2) is 5.74. The number of rotatable bonds is 2. The van der Waals surface area contributed by atoms with Gasteiger partial charge in [-0.3, -0.25) is 0 Å². The molecule has 1 aliphatic rings. The summed E-state index contributed by atoms with van der Waals surface area (Å²) in [6, 6.07) is 20.7. The van der Waals surface area contributed by atoms with E-state index < -0.39 is 0 Å². The van der Waals surface area contributed by atoms with Gasteiger partial charge in [0.2, 0.25) is 0 Å². The minimum atomic E-state index is 0.544. The molecule has 3 heteroatoms. The Labute approximate surface area is 143 Å². The standard InChI is InChI=1S/C20H15BrO2/c1-22-15-9-6-14(7-10-15)19-17-11-8-13-4-2-3-5-16(13)20(17)23-12-18(19)21/h2-11H,12H2,1H3. The summed E-state index contributed by atoms with van der Waals surface area (Å²) < 4.78 is 12.3. The molecule has 0 bridgehead atoms. The van der Waals surface area contributed by atoms with E-state index in [-0.39, 0.29) is 0 Å². The van der Waals surface area contributed by atoms with Crippen LogP contribution in [0, 0.1) is 0 Å². The Kier molecular flexibility index (Phi) is 3.58. The molecule has 3 aromatic rings. The zero-order valence-corrected chi connectivity index (χ0v) is 14.3. The molecule has 0 N–H and O–H groups in total. The number of halogens is 1. The van der Waals surface area contributed by atoms with E-state index >= 15 is 0 Å². The molecule has 0 aliphatic carbocycles. The first kappa shape index (κ1) is 14.3. The number of benzene rings is 3. The molecular formula is C20H15BrO2. The Balaban J connectivity index is 1.92. The molecule has 0 saturated carbocycles. The largest absolute Gasteiger partial charge is 0.497 e. The van der Waals surface area contributed by atoms with Gasteiger partial charge in [-0.05, 0) is 29.1 Å².